The van der Waals surface area contributed by atoms with Crippen LogP contribution in [-0.2, 0) is 13.5 Å². The second-order valence-corrected chi connectivity index (χ2v) is 6.64. The number of hydrogen-bond acceptors (Lipinski definition) is 6. The summed E-state index contributed by atoms with van der Waals surface area (Å²) in [4.78, 5) is 8.68. The zero-order valence-electron chi connectivity index (χ0n) is 15.6. The zero-order chi connectivity index (χ0) is 20.6. The molecule has 4 aromatic heterocycles. The minimum absolute atomic E-state index is 0.240. The van der Waals surface area contributed by atoms with Gasteiger partial charge in [0.25, 0.3) is 0 Å². The van der Waals surface area contributed by atoms with Crippen LogP contribution in [0.15, 0.2) is 42.9 Å². The van der Waals surface area contributed by atoms with Crippen LogP contribution in [0.5, 0.6) is 0 Å². The predicted molar refractivity (Wildman–Crippen MR) is 99.4 cm³/mol. The molecule has 0 saturated carbocycles. The van der Waals surface area contributed by atoms with Crippen LogP contribution in [0.2, 0.25) is 0 Å². The predicted octanol–water partition coefficient (Wildman–Crippen LogP) is 3.40. The molecule has 8 nitrogen and oxygen atoms in total. The first kappa shape index (κ1) is 18.8. The van der Waals surface area contributed by atoms with Gasteiger partial charge in [-0.2, -0.15) is 18.3 Å². The van der Waals surface area contributed by atoms with Gasteiger partial charge in [-0.3, -0.25) is 9.08 Å². The lowest BCUT2D eigenvalue weighted by molar-refractivity contribution is -0.169. The van der Waals surface area contributed by atoms with Crippen molar-refractivity contribution in [2.24, 2.45) is 13.0 Å². The number of alkyl halides is 3. The van der Waals surface area contributed by atoms with E-state index in [1.807, 2.05) is 0 Å². The first-order valence-corrected chi connectivity index (χ1v) is 8.80. The van der Waals surface area contributed by atoms with Crippen molar-refractivity contribution in [3.63, 3.8) is 0 Å². The Labute approximate surface area is 163 Å². The van der Waals surface area contributed by atoms with Crippen LogP contribution >= 0.6 is 0 Å². The molecule has 0 aliphatic carbocycles. The Hall–Kier alpha value is -3.50. The molecule has 0 fully saturated rings. The summed E-state index contributed by atoms with van der Waals surface area (Å²) in [6.45, 7) is 1.13. The van der Waals surface area contributed by atoms with Crippen molar-refractivity contribution in [2.45, 2.75) is 19.5 Å². The van der Waals surface area contributed by atoms with Crippen LogP contribution in [0.1, 0.15) is 12.7 Å². The number of rotatable bonds is 5. The Kier molecular flexibility index (Phi) is 4.65. The van der Waals surface area contributed by atoms with Crippen molar-refractivity contribution >= 4 is 17.4 Å². The van der Waals surface area contributed by atoms with Gasteiger partial charge in [-0.05, 0) is 18.2 Å². The second kappa shape index (κ2) is 7.15. The van der Waals surface area contributed by atoms with E-state index in [0.29, 0.717) is 17.3 Å². The molecule has 11 heteroatoms. The van der Waals surface area contributed by atoms with Crippen molar-refractivity contribution in [1.82, 2.24) is 34.3 Å². The maximum atomic E-state index is 12.8. The highest BCUT2D eigenvalue weighted by Crippen LogP contribution is 2.28. The number of aromatic nitrogens is 7. The van der Waals surface area contributed by atoms with E-state index in [1.165, 1.54) is 0 Å². The summed E-state index contributed by atoms with van der Waals surface area (Å²) in [5.41, 5.74) is 1.84. The molecular weight excluding hydrogens is 385 g/mol. The molecular formula is C18H17F3N8. The smallest absolute Gasteiger partial charge is 0.309 e. The van der Waals surface area contributed by atoms with Crippen molar-refractivity contribution in [2.75, 3.05) is 5.32 Å². The molecule has 1 unspecified atom stereocenters. The van der Waals surface area contributed by atoms with E-state index in [4.69, 9.17) is 0 Å². The molecule has 0 radical (unpaired) electrons. The topological polar surface area (TPSA) is 85.8 Å². The Morgan fingerprint density at radius 2 is 1.97 bits per heavy atom. The number of pyridine rings is 1. The molecule has 0 aliphatic rings. The molecule has 0 aliphatic heterocycles. The molecule has 0 saturated heterocycles. The van der Waals surface area contributed by atoms with E-state index in [-0.39, 0.29) is 12.2 Å². The van der Waals surface area contributed by atoms with E-state index >= 15 is 0 Å². The largest absolute Gasteiger partial charge is 0.391 e. The highest BCUT2D eigenvalue weighted by molar-refractivity contribution is 5.65. The highest BCUT2D eigenvalue weighted by Gasteiger charge is 2.36. The Morgan fingerprint density at radius 1 is 1.14 bits per heavy atom. The quantitative estimate of drug-likeness (QED) is 0.551. The van der Waals surface area contributed by atoms with Crippen LogP contribution in [0.3, 0.4) is 0 Å². The summed E-state index contributed by atoms with van der Waals surface area (Å²) in [5.74, 6) is -0.111. The molecule has 4 aromatic rings. The van der Waals surface area contributed by atoms with Gasteiger partial charge in [0.2, 0.25) is 5.95 Å². The van der Waals surface area contributed by atoms with E-state index < -0.39 is 12.1 Å². The number of hydrogen-bond donors (Lipinski definition) is 1. The summed E-state index contributed by atoms with van der Waals surface area (Å²) in [6, 6.07) is 7.02. The molecule has 4 rings (SSSR count). The Balaban J connectivity index is 1.60. The normalized spacial score (nSPS) is 13.0. The molecule has 0 amide bonds. The van der Waals surface area contributed by atoms with E-state index in [9.17, 15) is 13.2 Å². The number of halogens is 3. The third-order valence-corrected chi connectivity index (χ3v) is 4.54. The fourth-order valence-electron chi connectivity index (χ4n) is 2.82. The lowest BCUT2D eigenvalue weighted by Gasteiger charge is -2.14. The molecule has 1 atom stereocenters. The summed E-state index contributed by atoms with van der Waals surface area (Å²) in [7, 11) is 1.79. The van der Waals surface area contributed by atoms with Crippen molar-refractivity contribution in [3.05, 3.63) is 48.7 Å². The van der Waals surface area contributed by atoms with Gasteiger partial charge in [0.05, 0.1) is 17.8 Å². The van der Waals surface area contributed by atoms with Crippen molar-refractivity contribution in [1.29, 1.82) is 0 Å². The third kappa shape index (κ3) is 3.89. The van der Waals surface area contributed by atoms with Crippen LogP contribution in [-0.4, -0.2) is 40.5 Å². The Morgan fingerprint density at radius 3 is 2.69 bits per heavy atom. The van der Waals surface area contributed by atoms with Crippen LogP contribution in [0, 0.1) is 5.92 Å². The fourth-order valence-corrected chi connectivity index (χ4v) is 2.82. The van der Waals surface area contributed by atoms with Gasteiger partial charge >= 0.3 is 6.18 Å². The van der Waals surface area contributed by atoms with Gasteiger partial charge in [0.15, 0.2) is 5.65 Å². The third-order valence-electron chi connectivity index (χ3n) is 4.54. The maximum Gasteiger partial charge on any atom is 0.391 e. The lowest BCUT2D eigenvalue weighted by atomic mass is 10.1. The number of fused-ring (bicyclic) bond motifs is 1. The van der Waals surface area contributed by atoms with E-state index in [1.54, 1.807) is 59.0 Å². The molecule has 0 bridgehead atoms. The maximum absolute atomic E-state index is 12.8. The molecule has 4 heterocycles. The zero-order valence-corrected chi connectivity index (χ0v) is 15.6. The first-order valence-electron chi connectivity index (χ1n) is 8.80. The van der Waals surface area contributed by atoms with Gasteiger partial charge < -0.3 is 5.32 Å². The van der Waals surface area contributed by atoms with Gasteiger partial charge in [-0.1, -0.05) is 6.92 Å². The van der Waals surface area contributed by atoms with Gasteiger partial charge in [0.1, 0.15) is 11.6 Å². The van der Waals surface area contributed by atoms with Crippen LogP contribution < -0.4 is 5.32 Å². The highest BCUT2D eigenvalue weighted by atomic mass is 19.4. The molecule has 1 N–H and O–H groups in total. The number of anilines is 2. The molecule has 0 aromatic carbocycles. The van der Waals surface area contributed by atoms with Crippen molar-refractivity contribution < 1.29 is 13.2 Å². The van der Waals surface area contributed by atoms with Crippen LogP contribution in [0.25, 0.3) is 16.9 Å². The average molecular weight is 402 g/mol. The Bertz CT molecular complexity index is 1150. The van der Waals surface area contributed by atoms with E-state index in [0.717, 1.165) is 18.3 Å². The molecule has 29 heavy (non-hydrogen) atoms. The van der Waals surface area contributed by atoms with E-state index in [2.05, 4.69) is 30.6 Å². The lowest BCUT2D eigenvalue weighted by Crippen LogP contribution is -2.22. The molecule has 0 spiro atoms. The fraction of sp³-hybridized carbons (Fsp3) is 0.278. The van der Waals surface area contributed by atoms with Crippen LogP contribution in [0.4, 0.5) is 24.9 Å². The number of nitrogens with one attached hydrogen (secondary N) is 1. The number of nitrogens with zero attached hydrogens (tertiary/aromatic N) is 7. The summed E-state index contributed by atoms with van der Waals surface area (Å²) in [6.07, 6.45) is 0.411. The average Bonchev–Trinajstić information content (AvgIpc) is 3.27. The summed E-state index contributed by atoms with van der Waals surface area (Å²) >= 11 is 0. The van der Waals surface area contributed by atoms with Gasteiger partial charge in [0, 0.05) is 37.5 Å². The van der Waals surface area contributed by atoms with Gasteiger partial charge in [-0.15, -0.1) is 10.2 Å². The van der Waals surface area contributed by atoms with Crippen molar-refractivity contribution in [3.8, 4) is 11.3 Å². The molecule has 150 valence electrons. The first-order chi connectivity index (χ1) is 13.8. The minimum atomic E-state index is -4.27. The summed E-state index contributed by atoms with van der Waals surface area (Å²) < 4.78 is 41.7. The number of aryl methyl sites for hydroxylation is 1. The standard InChI is InChI=1S/C18H17F3N8/c1-11(18(19,20)21)9-15-26-27-16-10-12(5-8-29(15)16)13-3-6-22-17(24-13)25-14-4-7-23-28(14)2/h3-8,10-11H,9H2,1-2H3,(H,22,24,25). The van der Waals surface area contributed by atoms with Gasteiger partial charge in [-0.25, -0.2) is 9.97 Å². The monoisotopic (exact) mass is 402 g/mol. The second-order valence-electron chi connectivity index (χ2n) is 6.64. The summed E-state index contributed by atoms with van der Waals surface area (Å²) in [5, 5.41) is 15.1. The minimum Gasteiger partial charge on any atom is -0.309 e. The SMILES string of the molecule is CC(Cc1nnc2cc(-c3ccnc(Nc4ccnn4C)n3)ccn12)C(F)(F)F.